The summed E-state index contributed by atoms with van der Waals surface area (Å²) >= 11 is 0. The minimum atomic E-state index is -0.340. The maximum atomic E-state index is 13.6. The van der Waals surface area contributed by atoms with Crippen LogP contribution in [0, 0.1) is 5.82 Å². The second-order valence-electron chi connectivity index (χ2n) is 6.13. The van der Waals surface area contributed by atoms with E-state index in [1.54, 1.807) is 23.1 Å². The van der Waals surface area contributed by atoms with Gasteiger partial charge >= 0.3 is 0 Å². The summed E-state index contributed by atoms with van der Waals surface area (Å²) in [6.45, 7) is 5.68. The Morgan fingerprint density at radius 3 is 2.54 bits per heavy atom. The Hall–Kier alpha value is -1.95. The number of carbonyl (C=O) groups is 2. The standard InChI is InChI=1S/C18H26FN3O2/c1-2-3-8-20-17(23)14-21-9-11-22(12-10-21)18(24)13-15-6-4-5-7-16(15)19/h4-7H,2-3,8-14H2,1H3,(H,20,23). The molecule has 0 unspecified atom stereocenters. The van der Waals surface area contributed by atoms with Gasteiger partial charge in [-0.2, -0.15) is 0 Å². The van der Waals surface area contributed by atoms with Gasteiger partial charge in [-0.1, -0.05) is 31.5 Å². The highest BCUT2D eigenvalue weighted by atomic mass is 19.1. The van der Waals surface area contributed by atoms with Gasteiger partial charge in [0.15, 0.2) is 0 Å². The summed E-state index contributed by atoms with van der Waals surface area (Å²) in [6.07, 6.45) is 2.14. The normalized spacial score (nSPS) is 15.3. The number of hydrogen-bond donors (Lipinski definition) is 1. The lowest BCUT2D eigenvalue weighted by atomic mass is 10.1. The number of piperazine rings is 1. The van der Waals surface area contributed by atoms with Gasteiger partial charge in [-0.05, 0) is 18.1 Å². The van der Waals surface area contributed by atoms with Crippen LogP contribution in [0.3, 0.4) is 0 Å². The van der Waals surface area contributed by atoms with Gasteiger partial charge in [-0.3, -0.25) is 14.5 Å². The second-order valence-corrected chi connectivity index (χ2v) is 6.13. The zero-order valence-corrected chi connectivity index (χ0v) is 14.3. The summed E-state index contributed by atoms with van der Waals surface area (Å²) in [5.74, 6) is -0.366. The van der Waals surface area contributed by atoms with Gasteiger partial charge in [-0.25, -0.2) is 4.39 Å². The van der Waals surface area contributed by atoms with Crippen molar-refractivity contribution in [2.75, 3.05) is 39.3 Å². The Morgan fingerprint density at radius 2 is 1.88 bits per heavy atom. The molecule has 2 rings (SSSR count). The highest BCUT2D eigenvalue weighted by Crippen LogP contribution is 2.10. The van der Waals surface area contributed by atoms with E-state index in [0.29, 0.717) is 38.3 Å². The number of hydrogen-bond acceptors (Lipinski definition) is 3. The van der Waals surface area contributed by atoms with Crippen LogP contribution in [0.4, 0.5) is 4.39 Å². The van der Waals surface area contributed by atoms with E-state index in [-0.39, 0.29) is 24.1 Å². The molecule has 2 amide bonds. The van der Waals surface area contributed by atoms with Crippen molar-refractivity contribution in [3.8, 4) is 0 Å². The van der Waals surface area contributed by atoms with E-state index >= 15 is 0 Å². The summed E-state index contributed by atoms with van der Waals surface area (Å²) in [4.78, 5) is 27.9. The predicted octanol–water partition coefficient (Wildman–Crippen LogP) is 1.43. The maximum Gasteiger partial charge on any atom is 0.234 e. The van der Waals surface area contributed by atoms with E-state index in [2.05, 4.69) is 12.2 Å². The van der Waals surface area contributed by atoms with Crippen LogP contribution in [0.1, 0.15) is 25.3 Å². The Morgan fingerprint density at radius 1 is 1.17 bits per heavy atom. The zero-order valence-electron chi connectivity index (χ0n) is 14.3. The summed E-state index contributed by atoms with van der Waals surface area (Å²) < 4.78 is 13.6. The van der Waals surface area contributed by atoms with Crippen molar-refractivity contribution in [3.63, 3.8) is 0 Å². The molecule has 1 aromatic carbocycles. The Kier molecular flexibility index (Phi) is 7.18. The number of rotatable bonds is 7. The average molecular weight is 335 g/mol. The molecule has 1 saturated heterocycles. The molecule has 0 aromatic heterocycles. The molecule has 0 bridgehead atoms. The summed E-state index contributed by atoms with van der Waals surface area (Å²) in [7, 11) is 0. The van der Waals surface area contributed by atoms with Gasteiger partial charge in [0.2, 0.25) is 11.8 Å². The smallest absolute Gasteiger partial charge is 0.234 e. The van der Waals surface area contributed by atoms with Crippen LogP contribution >= 0.6 is 0 Å². The van der Waals surface area contributed by atoms with Gasteiger partial charge in [-0.15, -0.1) is 0 Å². The van der Waals surface area contributed by atoms with Crippen LogP contribution in [0.2, 0.25) is 0 Å². The van der Waals surface area contributed by atoms with E-state index in [9.17, 15) is 14.0 Å². The van der Waals surface area contributed by atoms with Crippen LogP contribution in [0.5, 0.6) is 0 Å². The lowest BCUT2D eigenvalue weighted by Gasteiger charge is -2.34. The van der Waals surface area contributed by atoms with E-state index < -0.39 is 0 Å². The fourth-order valence-corrected chi connectivity index (χ4v) is 2.74. The molecular formula is C18H26FN3O2. The van der Waals surface area contributed by atoms with Crippen LogP contribution in [0.25, 0.3) is 0 Å². The first-order valence-corrected chi connectivity index (χ1v) is 8.60. The summed E-state index contributed by atoms with van der Waals surface area (Å²) in [6, 6.07) is 6.37. The van der Waals surface area contributed by atoms with Crippen molar-refractivity contribution in [1.29, 1.82) is 0 Å². The van der Waals surface area contributed by atoms with Crippen molar-refractivity contribution in [1.82, 2.24) is 15.1 Å². The first-order chi connectivity index (χ1) is 11.6. The quantitative estimate of drug-likeness (QED) is 0.767. The highest BCUT2D eigenvalue weighted by Gasteiger charge is 2.22. The maximum absolute atomic E-state index is 13.6. The highest BCUT2D eigenvalue weighted by molar-refractivity contribution is 5.79. The first kappa shape index (κ1) is 18.4. The van der Waals surface area contributed by atoms with E-state index in [0.717, 1.165) is 19.4 Å². The zero-order chi connectivity index (χ0) is 17.4. The lowest BCUT2D eigenvalue weighted by Crippen LogP contribution is -2.51. The molecule has 1 heterocycles. The third kappa shape index (κ3) is 5.60. The molecule has 24 heavy (non-hydrogen) atoms. The molecule has 132 valence electrons. The molecule has 1 fully saturated rings. The molecule has 0 aliphatic carbocycles. The third-order valence-electron chi connectivity index (χ3n) is 4.24. The number of nitrogens with one attached hydrogen (secondary N) is 1. The number of benzene rings is 1. The lowest BCUT2D eigenvalue weighted by molar-refractivity contribution is -0.132. The SMILES string of the molecule is CCCCNC(=O)CN1CCN(C(=O)Cc2ccccc2F)CC1. The Balaban J connectivity index is 1.73. The number of carbonyl (C=O) groups excluding carboxylic acids is 2. The van der Waals surface area contributed by atoms with E-state index in [1.807, 2.05) is 4.90 Å². The monoisotopic (exact) mass is 335 g/mol. The number of unbranched alkanes of at least 4 members (excludes halogenated alkanes) is 1. The Labute approximate surface area is 142 Å². The van der Waals surface area contributed by atoms with Crippen LogP contribution in [-0.4, -0.2) is 60.9 Å². The first-order valence-electron chi connectivity index (χ1n) is 8.60. The minimum Gasteiger partial charge on any atom is -0.355 e. The molecular weight excluding hydrogens is 309 g/mol. The van der Waals surface area contributed by atoms with E-state index in [4.69, 9.17) is 0 Å². The number of nitrogens with zero attached hydrogens (tertiary/aromatic N) is 2. The minimum absolute atomic E-state index is 0.0367. The molecule has 1 aromatic rings. The molecule has 1 aliphatic rings. The van der Waals surface area contributed by atoms with Gasteiger partial charge in [0, 0.05) is 32.7 Å². The molecule has 0 saturated carbocycles. The summed E-state index contributed by atoms with van der Waals surface area (Å²) in [5.41, 5.74) is 0.431. The molecule has 1 N–H and O–H groups in total. The van der Waals surface area contributed by atoms with Crippen LogP contribution in [-0.2, 0) is 16.0 Å². The van der Waals surface area contributed by atoms with Crippen molar-refractivity contribution in [3.05, 3.63) is 35.6 Å². The van der Waals surface area contributed by atoms with Gasteiger partial charge in [0.25, 0.3) is 0 Å². The van der Waals surface area contributed by atoms with Crippen LogP contribution < -0.4 is 5.32 Å². The molecule has 0 atom stereocenters. The number of amides is 2. The predicted molar refractivity (Wildman–Crippen MR) is 91.0 cm³/mol. The number of halogens is 1. The van der Waals surface area contributed by atoms with Crippen molar-refractivity contribution < 1.29 is 14.0 Å². The third-order valence-corrected chi connectivity index (χ3v) is 4.24. The second kappa shape index (κ2) is 9.37. The fraction of sp³-hybridized carbons (Fsp3) is 0.556. The van der Waals surface area contributed by atoms with Gasteiger partial charge in [0.1, 0.15) is 5.82 Å². The topological polar surface area (TPSA) is 52.7 Å². The Bertz CT molecular complexity index is 557. The van der Waals surface area contributed by atoms with Crippen LogP contribution in [0.15, 0.2) is 24.3 Å². The van der Waals surface area contributed by atoms with E-state index in [1.165, 1.54) is 6.07 Å². The molecule has 1 aliphatic heterocycles. The van der Waals surface area contributed by atoms with Crippen molar-refractivity contribution in [2.45, 2.75) is 26.2 Å². The van der Waals surface area contributed by atoms with Gasteiger partial charge < -0.3 is 10.2 Å². The largest absolute Gasteiger partial charge is 0.355 e. The molecule has 6 heteroatoms. The molecule has 5 nitrogen and oxygen atoms in total. The molecule has 0 radical (unpaired) electrons. The molecule has 0 spiro atoms. The van der Waals surface area contributed by atoms with Crippen molar-refractivity contribution in [2.24, 2.45) is 0 Å². The van der Waals surface area contributed by atoms with Crippen molar-refractivity contribution >= 4 is 11.8 Å². The van der Waals surface area contributed by atoms with Gasteiger partial charge in [0.05, 0.1) is 13.0 Å². The fourth-order valence-electron chi connectivity index (χ4n) is 2.74. The average Bonchev–Trinajstić information content (AvgIpc) is 2.58. The summed E-state index contributed by atoms with van der Waals surface area (Å²) in [5, 5.41) is 2.90.